The normalized spacial score (nSPS) is 26.6. The van der Waals surface area contributed by atoms with E-state index in [1.807, 2.05) is 0 Å². The number of imide groups is 1. The van der Waals surface area contributed by atoms with Crippen LogP contribution in [0.3, 0.4) is 0 Å². The Morgan fingerprint density at radius 3 is 2.15 bits per heavy atom. The summed E-state index contributed by atoms with van der Waals surface area (Å²) in [5.74, 6) is -1.39. The lowest BCUT2D eigenvalue weighted by Gasteiger charge is -2.44. The summed E-state index contributed by atoms with van der Waals surface area (Å²) in [7, 11) is 1.37. The summed E-state index contributed by atoms with van der Waals surface area (Å²) in [6, 6.07) is 5.07. The Balaban J connectivity index is 1.56. The van der Waals surface area contributed by atoms with Crippen LogP contribution >= 0.6 is 0 Å². The summed E-state index contributed by atoms with van der Waals surface area (Å²) < 4.78 is 16.1. The molecule has 0 bridgehead atoms. The number of hydrogen-bond acceptors (Lipinski definition) is 9. The van der Waals surface area contributed by atoms with Crippen molar-refractivity contribution in [1.82, 2.24) is 4.90 Å². The largest absolute Gasteiger partial charge is 0.469 e. The fraction of sp³-hybridized carbons (Fsp3) is 0.625. The van der Waals surface area contributed by atoms with Gasteiger partial charge in [0.1, 0.15) is 24.4 Å². The number of carbonyl (C=O) groups excluding carboxylic acids is 3. The van der Waals surface area contributed by atoms with Crippen molar-refractivity contribution in [1.29, 1.82) is 0 Å². The minimum absolute atomic E-state index is 0.206. The molecule has 2 aliphatic heterocycles. The predicted octanol–water partition coefficient (Wildman–Crippen LogP) is 1.01. The van der Waals surface area contributed by atoms with E-state index in [1.165, 1.54) is 19.2 Å². The predicted molar refractivity (Wildman–Crippen MR) is 119 cm³/mol. The summed E-state index contributed by atoms with van der Waals surface area (Å²) in [5, 5.41) is 30.7. The Labute approximate surface area is 198 Å². The van der Waals surface area contributed by atoms with E-state index in [0.29, 0.717) is 12.8 Å². The molecule has 2 amide bonds. The van der Waals surface area contributed by atoms with Gasteiger partial charge in [0.05, 0.1) is 24.8 Å². The Morgan fingerprint density at radius 2 is 1.56 bits per heavy atom. The maximum atomic E-state index is 12.9. The molecule has 2 heterocycles. The lowest BCUT2D eigenvalue weighted by molar-refractivity contribution is -0.279. The summed E-state index contributed by atoms with van der Waals surface area (Å²) in [6.07, 6.45) is 0.208. The maximum Gasteiger partial charge on any atom is 0.305 e. The zero-order valence-electron chi connectivity index (χ0n) is 19.3. The van der Waals surface area contributed by atoms with E-state index in [0.717, 1.165) is 37.0 Å². The number of nitrogens with zero attached hydrogens (tertiary/aromatic N) is 1. The van der Waals surface area contributed by atoms with Gasteiger partial charge < -0.3 is 29.5 Å². The van der Waals surface area contributed by atoms with E-state index in [9.17, 15) is 29.7 Å². The smallest absolute Gasteiger partial charge is 0.305 e. The molecule has 0 aliphatic carbocycles. The molecule has 188 valence electrons. The van der Waals surface area contributed by atoms with Gasteiger partial charge in [-0.05, 0) is 25.0 Å². The fourth-order valence-electron chi connectivity index (χ4n) is 4.34. The minimum Gasteiger partial charge on any atom is -0.469 e. The first kappa shape index (κ1) is 26.2. The van der Waals surface area contributed by atoms with Crippen LogP contribution in [-0.4, -0.2) is 89.0 Å². The van der Waals surface area contributed by atoms with Crippen molar-refractivity contribution in [3.8, 4) is 0 Å². The van der Waals surface area contributed by atoms with Crippen molar-refractivity contribution < 1.29 is 43.9 Å². The highest BCUT2D eigenvalue weighted by atomic mass is 16.7. The van der Waals surface area contributed by atoms with Crippen LogP contribution in [0.4, 0.5) is 0 Å². The van der Waals surface area contributed by atoms with E-state index in [1.54, 1.807) is 12.1 Å². The Morgan fingerprint density at radius 1 is 0.971 bits per heavy atom. The van der Waals surface area contributed by atoms with E-state index in [4.69, 9.17) is 9.47 Å². The molecular formula is C24H33NO9. The average molecular weight is 480 g/mol. The van der Waals surface area contributed by atoms with Crippen molar-refractivity contribution in [3.63, 3.8) is 0 Å². The topological polar surface area (TPSA) is 143 Å². The molecule has 10 heteroatoms. The van der Waals surface area contributed by atoms with Crippen LogP contribution in [-0.2, 0) is 19.0 Å². The molecule has 0 aromatic heterocycles. The van der Waals surface area contributed by atoms with Gasteiger partial charge in [-0.3, -0.25) is 19.3 Å². The number of esters is 1. The van der Waals surface area contributed by atoms with Crippen LogP contribution in [0.5, 0.6) is 0 Å². The average Bonchev–Trinajstić information content (AvgIpc) is 3.10. The number of unbranched alkanes of at least 4 members (excludes halogenated alkanes) is 5. The van der Waals surface area contributed by atoms with Crippen molar-refractivity contribution in [2.24, 2.45) is 0 Å². The second-order valence-electron chi connectivity index (χ2n) is 8.54. The maximum absolute atomic E-state index is 12.9. The molecule has 5 atom stereocenters. The highest BCUT2D eigenvalue weighted by Crippen LogP contribution is 2.32. The molecule has 1 saturated heterocycles. The molecule has 1 aromatic carbocycles. The van der Waals surface area contributed by atoms with Crippen LogP contribution in [0.15, 0.2) is 24.3 Å². The van der Waals surface area contributed by atoms with E-state index < -0.39 is 49.1 Å². The van der Waals surface area contributed by atoms with E-state index in [2.05, 4.69) is 4.74 Å². The molecule has 0 spiro atoms. The summed E-state index contributed by atoms with van der Waals surface area (Å²) in [5.41, 5.74) is 0.425. The van der Waals surface area contributed by atoms with Crippen LogP contribution in [0.1, 0.15) is 65.7 Å². The number of ether oxygens (including phenoxy) is 3. The number of hydrogen-bond donors (Lipinski definition) is 3. The van der Waals surface area contributed by atoms with E-state index in [-0.39, 0.29) is 23.7 Å². The van der Waals surface area contributed by atoms with Gasteiger partial charge in [-0.1, -0.05) is 37.8 Å². The van der Waals surface area contributed by atoms with Crippen molar-refractivity contribution in [2.45, 2.75) is 75.6 Å². The van der Waals surface area contributed by atoms with E-state index >= 15 is 0 Å². The number of benzene rings is 1. The van der Waals surface area contributed by atoms with Gasteiger partial charge >= 0.3 is 5.97 Å². The van der Waals surface area contributed by atoms with Gasteiger partial charge in [-0.25, -0.2) is 0 Å². The van der Waals surface area contributed by atoms with Gasteiger partial charge in [0.15, 0.2) is 6.29 Å². The van der Waals surface area contributed by atoms with Crippen molar-refractivity contribution in [2.75, 3.05) is 20.3 Å². The van der Waals surface area contributed by atoms with Crippen molar-refractivity contribution in [3.05, 3.63) is 35.4 Å². The molecule has 5 unspecified atom stereocenters. The van der Waals surface area contributed by atoms with Gasteiger partial charge in [0.2, 0.25) is 0 Å². The molecule has 0 saturated carbocycles. The monoisotopic (exact) mass is 479 g/mol. The molecular weight excluding hydrogens is 446 g/mol. The lowest BCUT2D eigenvalue weighted by atomic mass is 9.95. The second-order valence-corrected chi connectivity index (χ2v) is 8.54. The Kier molecular flexibility index (Phi) is 9.54. The van der Waals surface area contributed by atoms with Gasteiger partial charge in [0, 0.05) is 13.0 Å². The second kappa shape index (κ2) is 12.4. The third-order valence-electron chi connectivity index (χ3n) is 6.26. The van der Waals surface area contributed by atoms with Gasteiger partial charge in [-0.15, -0.1) is 0 Å². The van der Waals surface area contributed by atoms with Crippen molar-refractivity contribution >= 4 is 17.8 Å². The molecule has 10 nitrogen and oxygen atoms in total. The van der Waals surface area contributed by atoms with Crippen LogP contribution < -0.4 is 0 Å². The number of aliphatic hydroxyl groups excluding tert-OH is 3. The number of amides is 2. The molecule has 1 aromatic rings. The number of aliphatic hydroxyl groups is 3. The molecule has 0 radical (unpaired) electrons. The SMILES string of the molecule is COC(=O)CCCCCCCCOC1OC(CO)C(O)C(O)C1N1C(=O)c2ccccc2C1=O. The fourth-order valence-corrected chi connectivity index (χ4v) is 4.34. The molecule has 34 heavy (non-hydrogen) atoms. The quantitative estimate of drug-likeness (QED) is 0.227. The summed E-state index contributed by atoms with van der Waals surface area (Å²) in [4.78, 5) is 37.9. The number of rotatable bonds is 12. The lowest BCUT2D eigenvalue weighted by Crippen LogP contribution is -2.65. The first-order valence-corrected chi connectivity index (χ1v) is 11.7. The third kappa shape index (κ3) is 5.81. The number of methoxy groups -OCH3 is 1. The van der Waals surface area contributed by atoms with Crippen LogP contribution in [0.2, 0.25) is 0 Å². The van der Waals surface area contributed by atoms with Crippen LogP contribution in [0.25, 0.3) is 0 Å². The van der Waals surface area contributed by atoms with Crippen LogP contribution in [0, 0.1) is 0 Å². The highest BCUT2D eigenvalue weighted by Gasteiger charge is 2.53. The molecule has 3 rings (SSSR count). The molecule has 3 N–H and O–H groups in total. The Bertz CT molecular complexity index is 826. The first-order chi connectivity index (χ1) is 16.4. The zero-order valence-corrected chi connectivity index (χ0v) is 19.3. The molecule has 1 fully saturated rings. The number of fused-ring (bicyclic) bond motifs is 1. The number of carbonyl (C=O) groups is 3. The first-order valence-electron chi connectivity index (χ1n) is 11.7. The zero-order chi connectivity index (χ0) is 24.7. The highest BCUT2D eigenvalue weighted by molar-refractivity contribution is 6.21. The Hall–Kier alpha value is -2.37. The summed E-state index contributed by atoms with van der Waals surface area (Å²) in [6.45, 7) is -0.314. The third-order valence-corrected chi connectivity index (χ3v) is 6.26. The van der Waals surface area contributed by atoms with Gasteiger partial charge in [0.25, 0.3) is 11.8 Å². The summed E-state index contributed by atoms with van der Waals surface area (Å²) >= 11 is 0. The molecule has 2 aliphatic rings. The standard InChI is InChI=1S/C24H33NO9/c1-32-18(27)12-6-4-2-3-5-9-13-33-24-19(21(29)20(28)17(14-26)34-24)25-22(30)15-10-7-8-11-16(15)23(25)31/h7-8,10-11,17,19-21,24,26,28-29H,2-6,9,12-14H2,1H3. The minimum atomic E-state index is -1.55. The van der Waals surface area contributed by atoms with Gasteiger partial charge in [-0.2, -0.15) is 0 Å².